The molecule has 0 radical (unpaired) electrons. The molecule has 0 N–H and O–H groups in total. The van der Waals surface area contributed by atoms with Crippen LogP contribution < -0.4 is 0 Å². The molecule has 9 aromatic carbocycles. The minimum atomic E-state index is 1.17. The van der Waals surface area contributed by atoms with Gasteiger partial charge in [0.1, 0.15) is 0 Å². The van der Waals surface area contributed by atoms with Gasteiger partial charge in [0, 0.05) is 16.5 Å². The zero-order valence-corrected chi connectivity index (χ0v) is 25.7. The molecule has 0 bridgehead atoms. The summed E-state index contributed by atoms with van der Waals surface area (Å²) in [7, 11) is 0. The van der Waals surface area contributed by atoms with E-state index in [0.717, 1.165) is 0 Å². The summed E-state index contributed by atoms with van der Waals surface area (Å²) in [4.78, 5) is 0. The molecule has 0 aliphatic carbocycles. The maximum absolute atomic E-state index is 2.41. The van der Waals surface area contributed by atoms with E-state index in [1.807, 2.05) is 0 Å². The first-order valence-electron chi connectivity index (χ1n) is 16.3. The van der Waals surface area contributed by atoms with Gasteiger partial charge in [-0.2, -0.15) is 0 Å². The Morgan fingerprint density at radius 1 is 0.277 bits per heavy atom. The minimum absolute atomic E-state index is 1.17. The fourth-order valence-corrected chi connectivity index (χ4v) is 7.90. The summed E-state index contributed by atoms with van der Waals surface area (Å²) in [6.45, 7) is 0. The van der Waals surface area contributed by atoms with Crippen molar-refractivity contribution in [3.8, 4) is 27.9 Å². The number of nitrogens with zero attached hydrogens (tertiary/aromatic N) is 1. The standard InChI is InChI=1S/C46H29N/c1-2-13-34(14-3-1)47-43-21-11-10-16-37(43)38-27-25-33(29-44(38)47)46-41-19-8-6-17-39(41)45(40-18-7-9-20-42(40)46)32-24-26-36-31(28-32)23-22-30-12-4-5-15-35(30)36/h1-29H. The Morgan fingerprint density at radius 3 is 1.43 bits per heavy atom. The van der Waals surface area contributed by atoms with E-state index in [4.69, 9.17) is 0 Å². The number of hydrogen-bond donors (Lipinski definition) is 0. The molecule has 1 heterocycles. The van der Waals surface area contributed by atoms with Gasteiger partial charge >= 0.3 is 0 Å². The maximum atomic E-state index is 2.41. The van der Waals surface area contributed by atoms with Gasteiger partial charge in [-0.15, -0.1) is 0 Å². The van der Waals surface area contributed by atoms with Crippen LogP contribution in [-0.4, -0.2) is 4.57 Å². The average molecular weight is 596 g/mol. The second-order valence-corrected chi connectivity index (χ2v) is 12.5. The van der Waals surface area contributed by atoms with E-state index >= 15 is 0 Å². The third-order valence-corrected chi connectivity index (χ3v) is 9.94. The number of rotatable bonds is 3. The molecule has 1 nitrogen and oxygen atoms in total. The van der Waals surface area contributed by atoms with Crippen molar-refractivity contribution >= 4 is 64.9 Å². The van der Waals surface area contributed by atoms with Gasteiger partial charge in [0.2, 0.25) is 0 Å². The summed E-state index contributed by atoms with van der Waals surface area (Å²) >= 11 is 0. The van der Waals surface area contributed by atoms with Gasteiger partial charge in [0.15, 0.2) is 0 Å². The van der Waals surface area contributed by atoms with Crippen LogP contribution >= 0.6 is 0 Å². The molecule has 0 atom stereocenters. The van der Waals surface area contributed by atoms with Gasteiger partial charge < -0.3 is 4.57 Å². The van der Waals surface area contributed by atoms with Crippen LogP contribution in [0.15, 0.2) is 176 Å². The van der Waals surface area contributed by atoms with E-state index < -0.39 is 0 Å². The van der Waals surface area contributed by atoms with E-state index in [2.05, 4.69) is 180 Å². The number of aromatic nitrogens is 1. The molecule has 10 aromatic rings. The lowest BCUT2D eigenvalue weighted by Gasteiger charge is -2.18. The van der Waals surface area contributed by atoms with Crippen molar-refractivity contribution in [2.75, 3.05) is 0 Å². The van der Waals surface area contributed by atoms with Crippen molar-refractivity contribution in [2.24, 2.45) is 0 Å². The van der Waals surface area contributed by atoms with Gasteiger partial charge in [0.25, 0.3) is 0 Å². The van der Waals surface area contributed by atoms with Crippen molar-refractivity contribution in [3.05, 3.63) is 176 Å². The normalized spacial score (nSPS) is 11.8. The number of para-hydroxylation sites is 2. The van der Waals surface area contributed by atoms with E-state index in [1.165, 1.54) is 92.8 Å². The SMILES string of the molecule is c1ccc(-n2c3ccccc3c3ccc(-c4c5ccccc5c(-c5ccc6c(ccc7ccccc76)c5)c5ccccc45)cc32)cc1. The molecule has 0 spiro atoms. The smallest absolute Gasteiger partial charge is 0.0547 e. The van der Waals surface area contributed by atoms with E-state index in [0.29, 0.717) is 0 Å². The van der Waals surface area contributed by atoms with Crippen LogP contribution in [0.25, 0.3) is 92.8 Å². The van der Waals surface area contributed by atoms with Gasteiger partial charge in [-0.3, -0.25) is 0 Å². The Balaban J connectivity index is 1.27. The van der Waals surface area contributed by atoms with E-state index in [1.54, 1.807) is 0 Å². The molecular formula is C46H29N. The predicted octanol–water partition coefficient (Wildman–Crippen LogP) is 12.7. The molecule has 1 heteroatoms. The zero-order valence-electron chi connectivity index (χ0n) is 25.7. The lowest BCUT2D eigenvalue weighted by molar-refractivity contribution is 1.18. The Bertz CT molecular complexity index is 2780. The van der Waals surface area contributed by atoms with Crippen LogP contribution in [0.2, 0.25) is 0 Å². The first kappa shape index (κ1) is 26.1. The Morgan fingerprint density at radius 2 is 0.745 bits per heavy atom. The third-order valence-electron chi connectivity index (χ3n) is 9.94. The highest BCUT2D eigenvalue weighted by Crippen LogP contribution is 2.45. The fourth-order valence-electron chi connectivity index (χ4n) is 7.90. The van der Waals surface area contributed by atoms with Gasteiger partial charge in [-0.25, -0.2) is 0 Å². The van der Waals surface area contributed by atoms with Crippen LogP contribution in [-0.2, 0) is 0 Å². The summed E-state index contributed by atoms with van der Waals surface area (Å²) in [5.41, 5.74) is 8.64. The molecule has 47 heavy (non-hydrogen) atoms. The number of benzene rings is 9. The van der Waals surface area contributed by atoms with Crippen LogP contribution in [0.3, 0.4) is 0 Å². The first-order valence-corrected chi connectivity index (χ1v) is 16.3. The fraction of sp³-hybridized carbons (Fsp3) is 0. The second kappa shape index (κ2) is 10.2. The van der Waals surface area contributed by atoms with Crippen molar-refractivity contribution in [2.45, 2.75) is 0 Å². The highest BCUT2D eigenvalue weighted by molar-refractivity contribution is 6.23. The quantitative estimate of drug-likeness (QED) is 0.141. The van der Waals surface area contributed by atoms with E-state index in [9.17, 15) is 0 Å². The second-order valence-electron chi connectivity index (χ2n) is 12.5. The predicted molar refractivity (Wildman–Crippen MR) is 202 cm³/mol. The molecule has 1 aromatic heterocycles. The van der Waals surface area contributed by atoms with Crippen LogP contribution in [0.5, 0.6) is 0 Å². The van der Waals surface area contributed by atoms with Gasteiger partial charge in [0.05, 0.1) is 11.0 Å². The molecule has 10 rings (SSSR count). The van der Waals surface area contributed by atoms with Crippen LogP contribution in [0.4, 0.5) is 0 Å². The Labute approximate surface area is 272 Å². The molecule has 0 saturated heterocycles. The highest BCUT2D eigenvalue weighted by Gasteiger charge is 2.19. The average Bonchev–Trinajstić information content (AvgIpc) is 3.47. The highest BCUT2D eigenvalue weighted by atomic mass is 15.0. The topological polar surface area (TPSA) is 4.93 Å². The lowest BCUT2D eigenvalue weighted by Crippen LogP contribution is -1.94. The number of hydrogen-bond acceptors (Lipinski definition) is 0. The molecule has 0 fully saturated rings. The summed E-state index contributed by atoms with van der Waals surface area (Å²) in [5.74, 6) is 0. The molecule has 218 valence electrons. The molecule has 0 unspecified atom stereocenters. The van der Waals surface area contributed by atoms with Crippen molar-refractivity contribution in [1.29, 1.82) is 0 Å². The first-order chi connectivity index (χ1) is 23.3. The molecule has 0 aliphatic heterocycles. The summed E-state index contributed by atoms with van der Waals surface area (Å²) in [5, 5.41) is 12.7. The van der Waals surface area contributed by atoms with Gasteiger partial charge in [-0.1, -0.05) is 146 Å². The van der Waals surface area contributed by atoms with Crippen molar-refractivity contribution in [3.63, 3.8) is 0 Å². The van der Waals surface area contributed by atoms with Gasteiger partial charge in [-0.05, 0) is 95.7 Å². The van der Waals surface area contributed by atoms with Crippen molar-refractivity contribution in [1.82, 2.24) is 4.57 Å². The molecule has 0 saturated carbocycles. The van der Waals surface area contributed by atoms with Crippen LogP contribution in [0.1, 0.15) is 0 Å². The molecule has 0 aliphatic rings. The molecular weight excluding hydrogens is 567 g/mol. The zero-order chi connectivity index (χ0) is 30.9. The Hall–Kier alpha value is -6.18. The minimum Gasteiger partial charge on any atom is -0.309 e. The largest absolute Gasteiger partial charge is 0.309 e. The number of fused-ring (bicyclic) bond motifs is 8. The monoisotopic (exact) mass is 595 g/mol. The maximum Gasteiger partial charge on any atom is 0.0547 e. The van der Waals surface area contributed by atoms with E-state index in [-0.39, 0.29) is 0 Å². The lowest BCUT2D eigenvalue weighted by atomic mass is 9.85. The Kier molecular flexibility index (Phi) is 5.64. The summed E-state index contributed by atoms with van der Waals surface area (Å²) < 4.78 is 2.41. The summed E-state index contributed by atoms with van der Waals surface area (Å²) in [6.07, 6.45) is 0. The third kappa shape index (κ3) is 3.90. The van der Waals surface area contributed by atoms with Crippen molar-refractivity contribution < 1.29 is 0 Å². The summed E-state index contributed by atoms with van der Waals surface area (Å²) in [6, 6.07) is 64.6. The molecule has 0 amide bonds. The van der Waals surface area contributed by atoms with Crippen LogP contribution in [0, 0.1) is 0 Å².